The van der Waals surface area contributed by atoms with E-state index in [0.29, 0.717) is 23.4 Å². The number of oxazole rings is 1. The van der Waals surface area contributed by atoms with Gasteiger partial charge in [-0.15, -0.1) is 0 Å². The van der Waals surface area contributed by atoms with Crippen LogP contribution in [0.4, 0.5) is 0 Å². The fourth-order valence-electron chi connectivity index (χ4n) is 8.65. The van der Waals surface area contributed by atoms with Crippen LogP contribution < -0.4 is 0 Å². The molecule has 0 amide bonds. The predicted molar refractivity (Wildman–Crippen MR) is 250 cm³/mol. The number of benzene rings is 9. The minimum atomic E-state index is 0.547. The van der Waals surface area contributed by atoms with Crippen molar-refractivity contribution in [1.29, 1.82) is 0 Å². The summed E-state index contributed by atoms with van der Waals surface area (Å²) in [6, 6.07) is 70.4. The number of aromatic nitrogens is 4. The number of furan rings is 1. The van der Waals surface area contributed by atoms with Crippen molar-refractivity contribution in [2.75, 3.05) is 0 Å². The number of hydrogen-bond acceptors (Lipinski definition) is 6. The predicted octanol–water partition coefficient (Wildman–Crippen LogP) is 14.7. The molecule has 12 aromatic rings. The summed E-state index contributed by atoms with van der Waals surface area (Å²) in [4.78, 5) is 20.7. The topological polar surface area (TPSA) is 77.8 Å². The van der Waals surface area contributed by atoms with Crippen LogP contribution >= 0.6 is 0 Å². The first kappa shape index (κ1) is 35.5. The minimum Gasteiger partial charge on any atom is -0.455 e. The molecule has 62 heavy (non-hydrogen) atoms. The zero-order valence-electron chi connectivity index (χ0n) is 33.2. The van der Waals surface area contributed by atoms with Crippen LogP contribution in [-0.4, -0.2) is 19.9 Å². The second-order valence-corrected chi connectivity index (χ2v) is 15.3. The van der Waals surface area contributed by atoms with Crippen LogP contribution in [0.1, 0.15) is 0 Å². The standard InChI is InChI=1S/C56H34N4O2/c1-5-16-35(17-6-1)40-28-30-43(46(34-40)36-18-7-2-8-19-36)54-58-53(38-20-9-3-10-21-38)59-55(60-54)45-32-31-42(51-50(45)44-25-13-14-27-48(44)61-51)41-26-15-24-37-29-33-47-52(49(37)41)62-56(57-47)39-22-11-4-12-23-39/h1-34H. The zero-order chi connectivity index (χ0) is 41.0. The molecule has 0 N–H and O–H groups in total. The highest BCUT2D eigenvalue weighted by Gasteiger charge is 2.24. The third-order valence-corrected chi connectivity index (χ3v) is 11.6. The Kier molecular flexibility index (Phi) is 8.38. The van der Waals surface area contributed by atoms with E-state index in [9.17, 15) is 0 Å². The fourth-order valence-corrected chi connectivity index (χ4v) is 8.65. The lowest BCUT2D eigenvalue weighted by atomic mass is 9.93. The molecule has 290 valence electrons. The maximum absolute atomic E-state index is 6.88. The van der Waals surface area contributed by atoms with Crippen LogP contribution in [0.2, 0.25) is 0 Å². The van der Waals surface area contributed by atoms with E-state index in [2.05, 4.69) is 109 Å². The van der Waals surface area contributed by atoms with Gasteiger partial charge in [0, 0.05) is 44.0 Å². The van der Waals surface area contributed by atoms with Gasteiger partial charge in [0.1, 0.15) is 16.7 Å². The van der Waals surface area contributed by atoms with Gasteiger partial charge in [-0.2, -0.15) is 0 Å². The molecule has 12 rings (SSSR count). The molecule has 0 aliphatic rings. The zero-order valence-corrected chi connectivity index (χ0v) is 33.2. The molecule has 0 atom stereocenters. The van der Waals surface area contributed by atoms with E-state index < -0.39 is 0 Å². The van der Waals surface area contributed by atoms with Crippen molar-refractivity contribution in [3.8, 4) is 79.0 Å². The highest BCUT2D eigenvalue weighted by Crippen LogP contribution is 2.45. The van der Waals surface area contributed by atoms with Crippen LogP contribution in [0.15, 0.2) is 215 Å². The summed E-state index contributed by atoms with van der Waals surface area (Å²) in [5.41, 5.74) is 12.8. The molecule has 9 aromatic carbocycles. The highest BCUT2D eigenvalue weighted by molar-refractivity contribution is 6.19. The minimum absolute atomic E-state index is 0.547. The summed E-state index contributed by atoms with van der Waals surface area (Å²) < 4.78 is 13.5. The van der Waals surface area contributed by atoms with Crippen molar-refractivity contribution < 1.29 is 8.83 Å². The molecule has 0 radical (unpaired) electrons. The number of nitrogens with zero attached hydrogens (tertiary/aromatic N) is 4. The van der Waals surface area contributed by atoms with Crippen LogP contribution in [0, 0.1) is 0 Å². The highest BCUT2D eigenvalue weighted by atomic mass is 16.3. The quantitative estimate of drug-likeness (QED) is 0.160. The molecule has 0 bridgehead atoms. The van der Waals surface area contributed by atoms with Crippen molar-refractivity contribution >= 4 is 43.8 Å². The number of para-hydroxylation sites is 1. The van der Waals surface area contributed by atoms with Crippen molar-refractivity contribution in [1.82, 2.24) is 19.9 Å². The van der Waals surface area contributed by atoms with E-state index in [1.54, 1.807) is 0 Å². The van der Waals surface area contributed by atoms with Crippen molar-refractivity contribution in [2.45, 2.75) is 0 Å². The first-order valence-corrected chi connectivity index (χ1v) is 20.6. The van der Waals surface area contributed by atoms with E-state index >= 15 is 0 Å². The van der Waals surface area contributed by atoms with Crippen LogP contribution in [0.25, 0.3) is 123 Å². The van der Waals surface area contributed by atoms with Crippen LogP contribution in [0.3, 0.4) is 0 Å². The summed E-state index contributed by atoms with van der Waals surface area (Å²) in [6.45, 7) is 0. The molecule has 0 spiro atoms. The summed E-state index contributed by atoms with van der Waals surface area (Å²) in [5.74, 6) is 2.29. The molecule has 6 heteroatoms. The summed E-state index contributed by atoms with van der Waals surface area (Å²) in [7, 11) is 0. The van der Waals surface area contributed by atoms with Crippen molar-refractivity contribution in [3.63, 3.8) is 0 Å². The van der Waals surface area contributed by atoms with Gasteiger partial charge < -0.3 is 8.83 Å². The Morgan fingerprint density at radius 2 is 0.919 bits per heavy atom. The summed E-state index contributed by atoms with van der Waals surface area (Å²) in [5, 5.41) is 3.90. The molecular formula is C56H34N4O2. The van der Waals surface area contributed by atoms with Gasteiger partial charge >= 0.3 is 0 Å². The number of fused-ring (bicyclic) bond motifs is 6. The van der Waals surface area contributed by atoms with Gasteiger partial charge in [0.05, 0.1) is 0 Å². The van der Waals surface area contributed by atoms with Gasteiger partial charge in [-0.3, -0.25) is 0 Å². The molecule has 3 heterocycles. The third-order valence-electron chi connectivity index (χ3n) is 11.6. The van der Waals surface area contributed by atoms with E-state index in [-0.39, 0.29) is 0 Å². The molecule has 0 fully saturated rings. The van der Waals surface area contributed by atoms with Gasteiger partial charge in [-0.1, -0.05) is 158 Å². The Hall–Kier alpha value is -8.48. The lowest BCUT2D eigenvalue weighted by molar-refractivity contribution is 0.623. The Morgan fingerprint density at radius 3 is 1.68 bits per heavy atom. The summed E-state index contributed by atoms with van der Waals surface area (Å²) in [6.07, 6.45) is 0. The Bertz CT molecular complexity index is 3620. The second-order valence-electron chi connectivity index (χ2n) is 15.3. The Labute approximate surface area is 356 Å². The average molecular weight is 795 g/mol. The van der Waals surface area contributed by atoms with Gasteiger partial charge in [-0.25, -0.2) is 19.9 Å². The molecule has 6 nitrogen and oxygen atoms in total. The SMILES string of the molecule is c1ccc(-c2ccc(-c3nc(-c4ccccc4)nc(-c4ccc(-c5cccc6ccc7nc(-c8ccccc8)oc7c56)c5oc6ccccc6c45)n3)c(-c3ccccc3)c2)cc1. The maximum Gasteiger partial charge on any atom is 0.227 e. The van der Waals surface area contributed by atoms with Gasteiger partial charge in [0.2, 0.25) is 5.89 Å². The first-order chi connectivity index (χ1) is 30.7. The number of rotatable bonds is 7. The maximum atomic E-state index is 6.88. The van der Waals surface area contributed by atoms with Gasteiger partial charge in [0.25, 0.3) is 0 Å². The number of hydrogen-bond donors (Lipinski definition) is 0. The smallest absolute Gasteiger partial charge is 0.227 e. The molecule has 0 unspecified atom stereocenters. The summed E-state index contributed by atoms with van der Waals surface area (Å²) >= 11 is 0. The molecule has 0 aliphatic carbocycles. The lowest BCUT2D eigenvalue weighted by Crippen LogP contribution is -2.01. The molecule has 3 aromatic heterocycles. The Balaban J connectivity index is 1.10. The largest absolute Gasteiger partial charge is 0.455 e. The molecular weight excluding hydrogens is 761 g/mol. The molecule has 0 aliphatic heterocycles. The van der Waals surface area contributed by atoms with E-state index in [0.717, 1.165) is 99.4 Å². The lowest BCUT2D eigenvalue weighted by Gasteiger charge is -2.15. The fraction of sp³-hybridized carbons (Fsp3) is 0. The van der Waals surface area contributed by atoms with E-state index in [1.165, 1.54) is 0 Å². The average Bonchev–Trinajstić information content (AvgIpc) is 3.97. The monoisotopic (exact) mass is 794 g/mol. The van der Waals surface area contributed by atoms with Crippen molar-refractivity contribution in [3.05, 3.63) is 206 Å². The van der Waals surface area contributed by atoms with Crippen LogP contribution in [-0.2, 0) is 0 Å². The van der Waals surface area contributed by atoms with Gasteiger partial charge in [0.15, 0.2) is 23.1 Å². The van der Waals surface area contributed by atoms with Gasteiger partial charge in [-0.05, 0) is 81.7 Å². The van der Waals surface area contributed by atoms with E-state index in [1.807, 2.05) is 97.1 Å². The van der Waals surface area contributed by atoms with E-state index in [4.69, 9.17) is 28.8 Å². The molecule has 0 saturated heterocycles. The van der Waals surface area contributed by atoms with Crippen LogP contribution in [0.5, 0.6) is 0 Å². The second kappa shape index (κ2) is 14.7. The normalized spacial score (nSPS) is 11.5. The molecule has 0 saturated carbocycles. The third kappa shape index (κ3) is 6.04. The van der Waals surface area contributed by atoms with Crippen molar-refractivity contribution in [2.24, 2.45) is 0 Å². The first-order valence-electron chi connectivity index (χ1n) is 20.6. The Morgan fingerprint density at radius 1 is 0.306 bits per heavy atom.